The summed E-state index contributed by atoms with van der Waals surface area (Å²) in [5, 5.41) is 4.19. The fraction of sp³-hybridized carbons (Fsp3) is 0.286. The summed E-state index contributed by atoms with van der Waals surface area (Å²) in [6.07, 6.45) is 0.0537. The van der Waals surface area contributed by atoms with Crippen LogP contribution in [0.3, 0.4) is 0 Å². The van der Waals surface area contributed by atoms with E-state index in [0.29, 0.717) is 22.2 Å². The van der Waals surface area contributed by atoms with E-state index in [1.54, 1.807) is 18.2 Å². The van der Waals surface area contributed by atoms with Crippen LogP contribution < -0.4 is 4.74 Å². The Bertz CT molecular complexity index is 604. The van der Waals surface area contributed by atoms with Crippen LogP contribution in [-0.4, -0.2) is 17.0 Å². The number of hydrogen-bond acceptors (Lipinski definition) is 4. The van der Waals surface area contributed by atoms with Crippen LogP contribution in [0.5, 0.6) is 5.75 Å². The zero-order valence-corrected chi connectivity index (χ0v) is 11.7. The number of halogens is 1. The predicted octanol–water partition coefficient (Wildman–Crippen LogP) is 3.98. The van der Waals surface area contributed by atoms with Crippen molar-refractivity contribution in [1.82, 2.24) is 5.16 Å². The highest BCUT2D eigenvalue weighted by Crippen LogP contribution is 2.31. The molecular weight excluding hydrogens is 266 g/mol. The molecule has 0 aliphatic heterocycles. The SMILES string of the molecule is CC(=O)c1cc(-c2ccc(OC(C)C)c(Cl)c2)on1. The van der Waals surface area contributed by atoms with E-state index in [4.69, 9.17) is 20.9 Å². The molecule has 1 aromatic heterocycles. The van der Waals surface area contributed by atoms with Crippen LogP contribution in [0.2, 0.25) is 5.02 Å². The number of ketones is 1. The molecule has 1 aromatic carbocycles. The average molecular weight is 280 g/mol. The number of rotatable bonds is 4. The number of aromatic nitrogens is 1. The standard InChI is InChI=1S/C14H14ClNO3/c1-8(2)18-13-5-4-10(6-11(13)15)14-7-12(9(3)17)16-19-14/h4-8H,1-3H3. The highest BCUT2D eigenvalue weighted by Gasteiger charge is 2.12. The molecular formula is C14H14ClNO3. The van der Waals surface area contributed by atoms with Gasteiger partial charge in [0.25, 0.3) is 0 Å². The van der Waals surface area contributed by atoms with Gasteiger partial charge in [-0.3, -0.25) is 4.79 Å². The molecule has 1 heterocycles. The monoisotopic (exact) mass is 279 g/mol. The van der Waals surface area contributed by atoms with Crippen LogP contribution in [0.15, 0.2) is 28.8 Å². The van der Waals surface area contributed by atoms with Crippen LogP contribution >= 0.6 is 11.6 Å². The van der Waals surface area contributed by atoms with E-state index in [-0.39, 0.29) is 11.9 Å². The van der Waals surface area contributed by atoms with Crippen molar-refractivity contribution in [2.75, 3.05) is 0 Å². The van der Waals surface area contributed by atoms with Gasteiger partial charge in [-0.2, -0.15) is 0 Å². The van der Waals surface area contributed by atoms with Crippen LogP contribution in [-0.2, 0) is 0 Å². The molecule has 0 spiro atoms. The van der Waals surface area contributed by atoms with Crippen molar-refractivity contribution in [2.24, 2.45) is 0 Å². The van der Waals surface area contributed by atoms with Gasteiger partial charge in [-0.15, -0.1) is 0 Å². The third-order valence-electron chi connectivity index (χ3n) is 2.45. The smallest absolute Gasteiger partial charge is 0.181 e. The topological polar surface area (TPSA) is 52.3 Å². The second-order valence-corrected chi connectivity index (χ2v) is 4.85. The van der Waals surface area contributed by atoms with E-state index in [1.807, 2.05) is 19.9 Å². The van der Waals surface area contributed by atoms with Crippen LogP contribution in [0, 0.1) is 0 Å². The summed E-state index contributed by atoms with van der Waals surface area (Å²) in [5.41, 5.74) is 1.05. The second-order valence-electron chi connectivity index (χ2n) is 4.44. The highest BCUT2D eigenvalue weighted by atomic mass is 35.5. The van der Waals surface area contributed by atoms with Gasteiger partial charge in [0, 0.05) is 18.6 Å². The van der Waals surface area contributed by atoms with Crippen molar-refractivity contribution >= 4 is 17.4 Å². The summed E-state index contributed by atoms with van der Waals surface area (Å²) in [5.74, 6) is 0.982. The predicted molar refractivity (Wildman–Crippen MR) is 72.7 cm³/mol. The van der Waals surface area contributed by atoms with Crippen molar-refractivity contribution in [3.05, 3.63) is 35.0 Å². The molecule has 0 radical (unpaired) electrons. The molecule has 0 unspecified atom stereocenters. The van der Waals surface area contributed by atoms with E-state index < -0.39 is 0 Å². The van der Waals surface area contributed by atoms with E-state index in [1.165, 1.54) is 6.92 Å². The first-order valence-electron chi connectivity index (χ1n) is 5.91. The number of carbonyl (C=O) groups excluding carboxylic acids is 1. The number of carbonyl (C=O) groups is 1. The Kier molecular flexibility index (Phi) is 3.90. The summed E-state index contributed by atoms with van der Waals surface area (Å²) in [7, 11) is 0. The van der Waals surface area contributed by atoms with Gasteiger partial charge < -0.3 is 9.26 Å². The second kappa shape index (κ2) is 5.45. The lowest BCUT2D eigenvalue weighted by molar-refractivity contribution is 0.100. The van der Waals surface area contributed by atoms with E-state index in [2.05, 4.69) is 5.16 Å². The molecule has 19 heavy (non-hydrogen) atoms. The number of Topliss-reactive ketones (excluding diaryl/α,β-unsaturated/α-hetero) is 1. The Morgan fingerprint density at radius 2 is 2.11 bits per heavy atom. The number of benzene rings is 1. The average Bonchev–Trinajstić information content (AvgIpc) is 2.80. The third-order valence-corrected chi connectivity index (χ3v) is 2.75. The molecule has 0 amide bonds. The van der Waals surface area contributed by atoms with Gasteiger partial charge in [-0.05, 0) is 32.0 Å². The first-order chi connectivity index (χ1) is 8.97. The lowest BCUT2D eigenvalue weighted by Crippen LogP contribution is -2.05. The maximum Gasteiger partial charge on any atom is 0.181 e. The first-order valence-corrected chi connectivity index (χ1v) is 6.29. The van der Waals surface area contributed by atoms with Gasteiger partial charge in [0.1, 0.15) is 11.4 Å². The van der Waals surface area contributed by atoms with E-state index in [0.717, 1.165) is 5.56 Å². The minimum absolute atomic E-state index is 0.0537. The van der Waals surface area contributed by atoms with Crippen LogP contribution in [0.1, 0.15) is 31.3 Å². The summed E-state index contributed by atoms with van der Waals surface area (Å²) < 4.78 is 10.7. The normalized spacial score (nSPS) is 10.8. The van der Waals surface area contributed by atoms with Crippen LogP contribution in [0.4, 0.5) is 0 Å². The first kappa shape index (κ1) is 13.6. The third kappa shape index (κ3) is 3.15. The lowest BCUT2D eigenvalue weighted by atomic mass is 10.1. The molecule has 100 valence electrons. The summed E-state index contributed by atoms with van der Waals surface area (Å²) in [4.78, 5) is 11.2. The molecule has 0 aliphatic rings. The Morgan fingerprint density at radius 3 is 2.63 bits per heavy atom. The van der Waals surface area contributed by atoms with Crippen molar-refractivity contribution in [3.8, 4) is 17.1 Å². The summed E-state index contributed by atoms with van der Waals surface area (Å²) >= 11 is 6.14. The molecule has 4 nitrogen and oxygen atoms in total. The maximum atomic E-state index is 11.2. The van der Waals surface area contributed by atoms with Gasteiger partial charge in [-0.25, -0.2) is 0 Å². The minimum atomic E-state index is -0.138. The lowest BCUT2D eigenvalue weighted by Gasteiger charge is -2.11. The van der Waals surface area contributed by atoms with Gasteiger partial charge in [0.05, 0.1) is 11.1 Å². The molecule has 0 aliphatic carbocycles. The van der Waals surface area contributed by atoms with Gasteiger partial charge in [0.15, 0.2) is 11.5 Å². The Hall–Kier alpha value is -1.81. The van der Waals surface area contributed by atoms with E-state index >= 15 is 0 Å². The molecule has 0 atom stereocenters. The van der Waals surface area contributed by atoms with Crippen LogP contribution in [0.25, 0.3) is 11.3 Å². The van der Waals surface area contributed by atoms with Crippen molar-refractivity contribution in [3.63, 3.8) is 0 Å². The highest BCUT2D eigenvalue weighted by molar-refractivity contribution is 6.32. The fourth-order valence-electron chi connectivity index (χ4n) is 1.58. The maximum absolute atomic E-state index is 11.2. The number of ether oxygens (including phenoxy) is 1. The summed E-state index contributed by atoms with van der Waals surface area (Å²) in [6.45, 7) is 5.30. The van der Waals surface area contributed by atoms with Gasteiger partial charge >= 0.3 is 0 Å². The van der Waals surface area contributed by atoms with E-state index in [9.17, 15) is 4.79 Å². The molecule has 2 rings (SSSR count). The molecule has 0 N–H and O–H groups in total. The van der Waals surface area contributed by atoms with Crippen molar-refractivity contribution < 1.29 is 14.1 Å². The minimum Gasteiger partial charge on any atom is -0.489 e. The molecule has 0 bridgehead atoms. The number of hydrogen-bond donors (Lipinski definition) is 0. The quantitative estimate of drug-likeness (QED) is 0.794. The van der Waals surface area contributed by atoms with Crippen molar-refractivity contribution in [2.45, 2.75) is 26.9 Å². The zero-order chi connectivity index (χ0) is 14.0. The van der Waals surface area contributed by atoms with Crippen molar-refractivity contribution in [1.29, 1.82) is 0 Å². The fourth-order valence-corrected chi connectivity index (χ4v) is 1.81. The molecule has 0 fully saturated rings. The Balaban J connectivity index is 2.30. The molecule has 0 saturated heterocycles. The molecule has 5 heteroatoms. The van der Waals surface area contributed by atoms with Gasteiger partial charge in [0.2, 0.25) is 0 Å². The van der Waals surface area contributed by atoms with Gasteiger partial charge in [-0.1, -0.05) is 16.8 Å². The zero-order valence-electron chi connectivity index (χ0n) is 10.9. The Morgan fingerprint density at radius 1 is 1.37 bits per heavy atom. The molecule has 2 aromatic rings. The molecule has 0 saturated carbocycles. The Labute approximate surface area is 116 Å². The summed E-state index contributed by atoms with van der Waals surface area (Å²) in [6, 6.07) is 6.91. The number of nitrogens with zero attached hydrogens (tertiary/aromatic N) is 1. The largest absolute Gasteiger partial charge is 0.489 e.